The van der Waals surface area contributed by atoms with Crippen LogP contribution in [0.2, 0.25) is 0 Å². The lowest BCUT2D eigenvalue weighted by molar-refractivity contribution is 0.0732. The first kappa shape index (κ1) is 22.5. The van der Waals surface area contributed by atoms with E-state index in [2.05, 4.69) is 5.32 Å². The maximum Gasteiger partial charge on any atom is 0.349 e. The number of hydrogen-bond donors (Lipinski definition) is 1. The number of nitrogens with zero attached hydrogens (tertiary/aromatic N) is 1. The van der Waals surface area contributed by atoms with Crippen LogP contribution >= 0.6 is 0 Å². The highest BCUT2D eigenvalue weighted by atomic mass is 16.5. The zero-order chi connectivity index (χ0) is 23.9. The molecule has 0 unspecified atom stereocenters. The van der Waals surface area contributed by atoms with Crippen molar-refractivity contribution in [1.29, 1.82) is 0 Å². The molecule has 0 saturated heterocycles. The van der Waals surface area contributed by atoms with Crippen molar-refractivity contribution in [2.24, 2.45) is 0 Å². The molecule has 1 amide bonds. The van der Waals surface area contributed by atoms with E-state index in [1.54, 1.807) is 60.8 Å². The normalized spacial score (nSPS) is 10.4. The number of pyridine rings is 1. The average molecular weight is 454 g/mol. The van der Waals surface area contributed by atoms with Gasteiger partial charge in [0.05, 0.1) is 19.2 Å². The number of esters is 1. The third-order valence-electron chi connectivity index (χ3n) is 5.11. The maximum atomic E-state index is 12.8. The molecule has 1 aromatic heterocycles. The summed E-state index contributed by atoms with van der Waals surface area (Å²) in [6.45, 7) is 0.349. The fourth-order valence-electron chi connectivity index (χ4n) is 3.40. The summed E-state index contributed by atoms with van der Waals surface area (Å²) in [5.74, 6) is -0.367. The average Bonchev–Trinajstić information content (AvgIpc) is 2.87. The smallest absolute Gasteiger partial charge is 0.349 e. The van der Waals surface area contributed by atoms with Crippen LogP contribution < -0.4 is 20.3 Å². The Hall–Kier alpha value is -4.65. The van der Waals surface area contributed by atoms with Crippen LogP contribution in [0.1, 0.15) is 26.3 Å². The number of para-hydroxylation sites is 1. The summed E-state index contributed by atoms with van der Waals surface area (Å²) in [5, 5.41) is 2.77. The largest absolute Gasteiger partial charge is 0.496 e. The van der Waals surface area contributed by atoms with Crippen molar-refractivity contribution in [1.82, 2.24) is 4.57 Å². The van der Waals surface area contributed by atoms with Crippen LogP contribution in [0.25, 0.3) is 0 Å². The quantitative estimate of drug-likeness (QED) is 0.331. The molecule has 4 rings (SSSR count). The maximum absolute atomic E-state index is 12.8. The lowest BCUT2D eigenvalue weighted by atomic mass is 10.2. The van der Waals surface area contributed by atoms with E-state index in [1.165, 1.54) is 17.7 Å². The Balaban J connectivity index is 1.44. The molecule has 34 heavy (non-hydrogen) atoms. The third-order valence-corrected chi connectivity index (χ3v) is 5.11. The molecule has 7 nitrogen and oxygen atoms in total. The Morgan fingerprint density at radius 3 is 2.24 bits per heavy atom. The highest BCUT2D eigenvalue weighted by Gasteiger charge is 2.16. The first-order valence-corrected chi connectivity index (χ1v) is 10.5. The second kappa shape index (κ2) is 10.3. The topological polar surface area (TPSA) is 86.6 Å². The Morgan fingerprint density at radius 1 is 0.824 bits per heavy atom. The Bertz CT molecular complexity index is 1360. The summed E-state index contributed by atoms with van der Waals surface area (Å²) < 4.78 is 12.1. The predicted octanol–water partition coefficient (Wildman–Crippen LogP) is 4.38. The van der Waals surface area contributed by atoms with Gasteiger partial charge in [0.25, 0.3) is 11.5 Å². The Morgan fingerprint density at radius 2 is 1.50 bits per heavy atom. The van der Waals surface area contributed by atoms with E-state index >= 15 is 0 Å². The van der Waals surface area contributed by atoms with Gasteiger partial charge in [-0.25, -0.2) is 4.79 Å². The van der Waals surface area contributed by atoms with Crippen molar-refractivity contribution >= 4 is 17.6 Å². The lowest BCUT2D eigenvalue weighted by Gasteiger charge is -2.10. The van der Waals surface area contributed by atoms with E-state index < -0.39 is 11.5 Å². The van der Waals surface area contributed by atoms with Gasteiger partial charge >= 0.3 is 5.97 Å². The van der Waals surface area contributed by atoms with Gasteiger partial charge in [-0.05, 0) is 54.1 Å². The van der Waals surface area contributed by atoms with Crippen LogP contribution in [0.4, 0.5) is 5.69 Å². The predicted molar refractivity (Wildman–Crippen MR) is 129 cm³/mol. The number of ether oxygens (including phenoxy) is 2. The molecule has 0 bridgehead atoms. The molecule has 0 fully saturated rings. The summed E-state index contributed by atoms with van der Waals surface area (Å²) in [7, 11) is 1.50. The zero-order valence-corrected chi connectivity index (χ0v) is 18.4. The van der Waals surface area contributed by atoms with Gasteiger partial charge in [-0.15, -0.1) is 0 Å². The van der Waals surface area contributed by atoms with Crippen LogP contribution in [-0.4, -0.2) is 23.6 Å². The standard InChI is InChI=1S/C27H22N2O5/c1-33-24-12-6-5-10-22(24)25(30)28-20-13-15-21(16-14-20)34-27(32)23-11-7-17-29(26(23)31)18-19-8-3-2-4-9-19/h2-17H,18H2,1H3,(H,28,30). The number of amides is 1. The molecule has 7 heteroatoms. The number of nitrogens with one attached hydrogen (secondary N) is 1. The summed E-state index contributed by atoms with van der Waals surface area (Å²) in [6, 6.07) is 25.8. The van der Waals surface area contributed by atoms with Crippen LogP contribution in [0.15, 0.2) is 102 Å². The number of aromatic nitrogens is 1. The van der Waals surface area contributed by atoms with Gasteiger partial charge in [-0.1, -0.05) is 42.5 Å². The lowest BCUT2D eigenvalue weighted by Crippen LogP contribution is -2.28. The van der Waals surface area contributed by atoms with Crippen molar-refractivity contribution in [2.45, 2.75) is 6.54 Å². The molecule has 0 aliphatic rings. The number of rotatable bonds is 7. The minimum atomic E-state index is -0.752. The van der Waals surface area contributed by atoms with Crippen molar-refractivity contribution in [3.8, 4) is 11.5 Å². The minimum absolute atomic E-state index is 0.0630. The molecule has 1 N–H and O–H groups in total. The second-order valence-corrected chi connectivity index (χ2v) is 7.41. The molecule has 0 aliphatic heterocycles. The molecular weight excluding hydrogens is 432 g/mol. The zero-order valence-electron chi connectivity index (χ0n) is 18.4. The van der Waals surface area contributed by atoms with Gasteiger partial charge in [0.1, 0.15) is 17.1 Å². The molecule has 0 spiro atoms. The van der Waals surface area contributed by atoms with Crippen molar-refractivity contribution in [2.75, 3.05) is 12.4 Å². The second-order valence-electron chi connectivity index (χ2n) is 7.41. The first-order chi connectivity index (χ1) is 16.5. The number of benzene rings is 3. The number of methoxy groups -OCH3 is 1. The van der Waals surface area contributed by atoms with Crippen molar-refractivity contribution < 1.29 is 19.1 Å². The van der Waals surface area contributed by atoms with E-state index in [1.807, 2.05) is 30.3 Å². The van der Waals surface area contributed by atoms with Gasteiger partial charge in [0.15, 0.2) is 0 Å². The number of hydrogen-bond acceptors (Lipinski definition) is 5. The van der Waals surface area contributed by atoms with Crippen LogP contribution in [-0.2, 0) is 6.54 Å². The van der Waals surface area contributed by atoms with Crippen LogP contribution in [0.3, 0.4) is 0 Å². The van der Waals surface area contributed by atoms with Crippen LogP contribution in [0.5, 0.6) is 11.5 Å². The monoisotopic (exact) mass is 454 g/mol. The molecule has 3 aromatic carbocycles. The molecule has 0 radical (unpaired) electrons. The Kier molecular flexibility index (Phi) is 6.84. The van der Waals surface area contributed by atoms with Gasteiger partial charge in [-0.2, -0.15) is 0 Å². The first-order valence-electron chi connectivity index (χ1n) is 10.5. The van der Waals surface area contributed by atoms with Gasteiger partial charge < -0.3 is 19.4 Å². The summed E-state index contributed by atoms with van der Waals surface area (Å²) in [6.07, 6.45) is 1.63. The minimum Gasteiger partial charge on any atom is -0.496 e. The fraction of sp³-hybridized carbons (Fsp3) is 0.0741. The third kappa shape index (κ3) is 5.21. The highest BCUT2D eigenvalue weighted by Crippen LogP contribution is 2.21. The molecular formula is C27H22N2O5. The molecule has 0 atom stereocenters. The number of anilines is 1. The van der Waals surface area contributed by atoms with Crippen LogP contribution in [0, 0.1) is 0 Å². The molecule has 1 heterocycles. The van der Waals surface area contributed by atoms with E-state index in [0.717, 1.165) is 5.56 Å². The fourth-order valence-corrected chi connectivity index (χ4v) is 3.40. The Labute approximate surface area is 196 Å². The summed E-state index contributed by atoms with van der Waals surface area (Å²) in [4.78, 5) is 37.9. The summed E-state index contributed by atoms with van der Waals surface area (Å²) >= 11 is 0. The van der Waals surface area contributed by atoms with E-state index in [4.69, 9.17) is 9.47 Å². The van der Waals surface area contributed by atoms with Gasteiger partial charge in [0, 0.05) is 11.9 Å². The van der Waals surface area contributed by atoms with E-state index in [0.29, 0.717) is 23.5 Å². The van der Waals surface area contributed by atoms with Gasteiger partial charge in [0.2, 0.25) is 0 Å². The number of carbonyl (C=O) groups excluding carboxylic acids is 2. The van der Waals surface area contributed by atoms with E-state index in [-0.39, 0.29) is 17.2 Å². The molecule has 0 aliphatic carbocycles. The highest BCUT2D eigenvalue weighted by molar-refractivity contribution is 6.06. The summed E-state index contributed by atoms with van der Waals surface area (Å²) in [5.41, 5.74) is 1.36. The number of carbonyl (C=O) groups is 2. The molecule has 0 saturated carbocycles. The van der Waals surface area contributed by atoms with E-state index in [9.17, 15) is 14.4 Å². The SMILES string of the molecule is COc1ccccc1C(=O)Nc1ccc(OC(=O)c2cccn(Cc3ccccc3)c2=O)cc1. The molecule has 4 aromatic rings. The van der Waals surface area contributed by atoms with Gasteiger partial charge in [-0.3, -0.25) is 9.59 Å². The molecule has 170 valence electrons. The van der Waals surface area contributed by atoms with Crippen molar-refractivity contribution in [3.63, 3.8) is 0 Å². The van der Waals surface area contributed by atoms with Crippen molar-refractivity contribution in [3.05, 3.63) is 124 Å².